The number of halogens is 2. The van der Waals surface area contributed by atoms with Crippen molar-refractivity contribution in [1.82, 2.24) is 10.2 Å². The number of carbonyl (C=O) groups is 2. The number of methoxy groups -OCH3 is 2. The van der Waals surface area contributed by atoms with Gasteiger partial charge in [0.2, 0.25) is 12.4 Å². The molecule has 2 N–H and O–H groups in total. The number of likely N-dealkylation sites (tertiary alicyclic amines) is 1. The van der Waals surface area contributed by atoms with Crippen molar-refractivity contribution in [1.29, 1.82) is 0 Å². The second-order valence-corrected chi connectivity index (χ2v) is 15.1. The smallest absolute Gasteiger partial charge is 0.323 e. The molecule has 2 aromatic heterocycles. The van der Waals surface area contributed by atoms with Gasteiger partial charge >= 0.3 is 5.97 Å². The lowest BCUT2D eigenvalue weighted by Crippen LogP contribution is -2.45. The van der Waals surface area contributed by atoms with Gasteiger partial charge in [-0.25, -0.2) is 0 Å². The van der Waals surface area contributed by atoms with Crippen molar-refractivity contribution in [2.45, 2.75) is 69.9 Å². The van der Waals surface area contributed by atoms with Crippen molar-refractivity contribution in [3.8, 4) is 11.5 Å². The molecule has 0 bridgehead atoms. The van der Waals surface area contributed by atoms with E-state index in [-0.39, 0.29) is 39.8 Å². The normalized spacial score (nSPS) is 17.4. The highest BCUT2D eigenvalue weighted by atomic mass is 35.5. The maximum absolute atomic E-state index is 13.6. The molecule has 5 rings (SSSR count). The number of esters is 1. The number of nitrogens with one attached hydrogen (secondary N) is 1. The van der Waals surface area contributed by atoms with Gasteiger partial charge in [-0.3, -0.25) is 15.3 Å². The molecule has 49 heavy (non-hydrogen) atoms. The molecule has 0 spiro atoms. The number of hydrogen-bond donors (Lipinski definition) is 2. The average Bonchev–Trinajstić information content (AvgIpc) is 3.52. The molecule has 2 atom stereocenters. The van der Waals surface area contributed by atoms with E-state index in [0.29, 0.717) is 35.2 Å². The van der Waals surface area contributed by atoms with Gasteiger partial charge in [-0.05, 0) is 93.4 Å². The van der Waals surface area contributed by atoms with Crippen LogP contribution in [-0.2, 0) is 22.5 Å². The Labute approximate surface area is 301 Å². The number of ether oxygens (including phenoxy) is 3. The van der Waals surface area contributed by atoms with E-state index in [2.05, 4.69) is 17.3 Å². The summed E-state index contributed by atoms with van der Waals surface area (Å²) in [4.78, 5) is 29.3. The molecule has 1 saturated heterocycles. The van der Waals surface area contributed by atoms with Crippen LogP contribution in [0.3, 0.4) is 0 Å². The summed E-state index contributed by atoms with van der Waals surface area (Å²) in [6.07, 6.45) is 10.1. The number of aromatic carboxylic acids is 1. The van der Waals surface area contributed by atoms with Crippen LogP contribution in [0, 0.1) is 11.8 Å². The first-order valence-electron chi connectivity index (χ1n) is 16.8. The molecule has 0 radical (unpaired) electrons. The van der Waals surface area contributed by atoms with Gasteiger partial charge in [-0.1, -0.05) is 48.5 Å². The van der Waals surface area contributed by atoms with E-state index in [1.54, 1.807) is 19.2 Å². The Morgan fingerprint density at radius 1 is 1.04 bits per heavy atom. The van der Waals surface area contributed by atoms with Gasteiger partial charge in [0.05, 0.1) is 31.7 Å². The zero-order valence-electron chi connectivity index (χ0n) is 28.2. The summed E-state index contributed by atoms with van der Waals surface area (Å²) in [5.41, 5.74) is 1.79. The molecule has 0 amide bonds. The molecule has 3 aromatic rings. The maximum atomic E-state index is 13.6. The third-order valence-electron chi connectivity index (χ3n) is 9.83. The molecule has 1 aliphatic carbocycles. The quantitative estimate of drug-likeness (QED) is 0.130. The number of hydrogen-bond acceptors (Lipinski definition) is 10. The van der Waals surface area contributed by atoms with E-state index in [4.69, 9.17) is 37.4 Å². The van der Waals surface area contributed by atoms with Gasteiger partial charge in [0.25, 0.3) is 0 Å². The van der Waals surface area contributed by atoms with Crippen molar-refractivity contribution in [2.24, 2.45) is 11.8 Å². The van der Waals surface area contributed by atoms with Crippen molar-refractivity contribution < 1.29 is 38.8 Å². The van der Waals surface area contributed by atoms with Crippen molar-refractivity contribution in [3.63, 3.8) is 0 Å². The Bertz CT molecular complexity index is 1580. The number of thiophene rings is 1. The van der Waals surface area contributed by atoms with Crippen LogP contribution in [0.15, 0.2) is 36.7 Å². The number of piperidine rings is 1. The lowest BCUT2D eigenvalue weighted by Gasteiger charge is -2.31. The Morgan fingerprint density at radius 3 is 2.35 bits per heavy atom. The second-order valence-electron chi connectivity index (χ2n) is 13.1. The second kappa shape index (κ2) is 17.2. The minimum Gasteiger partial charge on any atom is -0.544 e. The van der Waals surface area contributed by atoms with E-state index >= 15 is 0 Å². The maximum Gasteiger partial charge on any atom is 0.323 e. The summed E-state index contributed by atoms with van der Waals surface area (Å²) in [7, 11) is 5.18. The molecular weight excluding hydrogens is 689 g/mol. The highest BCUT2D eigenvalue weighted by Crippen LogP contribution is 2.41. The summed E-state index contributed by atoms with van der Waals surface area (Å²) < 4.78 is 17.7. The Hall–Kier alpha value is -3.09. The summed E-state index contributed by atoms with van der Waals surface area (Å²) in [5.74, 6) is -0.582. The third-order valence-corrected chi connectivity index (χ3v) is 11.6. The summed E-state index contributed by atoms with van der Waals surface area (Å²) in [5, 5.41) is 26.5. The van der Waals surface area contributed by atoms with Crippen LogP contribution in [0.25, 0.3) is 0 Å². The van der Waals surface area contributed by atoms with E-state index in [1.807, 2.05) is 12.1 Å². The molecular formula is C36H45Cl2N3O7S. The standard InChI is InChI=1S/C36H45Cl2N3O7S/c1-40-13-11-22(12-14-40)21-48-36(44)33(23-7-5-4-6-8-23)39-18-25-16-27(34(49-25)35(42)43)26(17-28-29(37)19-41(45)20-30(28)38)24-9-10-31(46-2)32(15-24)47-3/h9-10,15-16,19-20,22-23,26,33,39H,4-8,11-14,17-18,21H2,1-3H3,(H-,42,43,45)/t26-,33?/m0/s1. The predicted molar refractivity (Wildman–Crippen MR) is 186 cm³/mol. The summed E-state index contributed by atoms with van der Waals surface area (Å²) in [6, 6.07) is 6.77. The summed E-state index contributed by atoms with van der Waals surface area (Å²) in [6.45, 7) is 2.71. The molecule has 13 heteroatoms. The fourth-order valence-corrected chi connectivity index (χ4v) is 8.63. The molecule has 1 saturated carbocycles. The van der Waals surface area contributed by atoms with Gasteiger partial charge < -0.3 is 29.0 Å². The lowest BCUT2D eigenvalue weighted by molar-refractivity contribution is -0.904. The van der Waals surface area contributed by atoms with Crippen LogP contribution in [0.5, 0.6) is 11.5 Å². The number of rotatable bonds is 14. The summed E-state index contributed by atoms with van der Waals surface area (Å²) >= 11 is 14.2. The number of benzene rings is 1. The van der Waals surface area contributed by atoms with E-state index < -0.39 is 17.9 Å². The molecule has 3 heterocycles. The Morgan fingerprint density at radius 2 is 1.71 bits per heavy atom. The van der Waals surface area contributed by atoms with E-state index in [0.717, 1.165) is 84.5 Å². The van der Waals surface area contributed by atoms with Crippen LogP contribution in [0.2, 0.25) is 10.0 Å². The first-order chi connectivity index (χ1) is 23.6. The molecule has 1 aromatic carbocycles. The highest BCUT2D eigenvalue weighted by Gasteiger charge is 2.32. The fourth-order valence-electron chi connectivity index (χ4n) is 7.02. The molecule has 1 unspecified atom stereocenters. The number of carboxylic acid groups (broad SMARTS) is 1. The zero-order valence-corrected chi connectivity index (χ0v) is 30.5. The minimum absolute atomic E-state index is 0.0658. The van der Waals surface area contributed by atoms with Gasteiger partial charge in [-0.2, -0.15) is 0 Å². The molecule has 2 aliphatic rings. The van der Waals surface area contributed by atoms with Crippen LogP contribution in [0.4, 0.5) is 0 Å². The molecule has 266 valence electrons. The van der Waals surface area contributed by atoms with Gasteiger partial charge in [0, 0.05) is 27.6 Å². The first-order valence-corrected chi connectivity index (χ1v) is 18.4. The minimum atomic E-state index is -1.31. The topological polar surface area (TPSA) is 124 Å². The van der Waals surface area contributed by atoms with Gasteiger partial charge in [-0.15, -0.1) is 11.3 Å². The van der Waals surface area contributed by atoms with Crippen LogP contribution in [0.1, 0.15) is 82.1 Å². The largest absolute Gasteiger partial charge is 0.544 e. The first kappa shape index (κ1) is 37.2. The van der Waals surface area contributed by atoms with Crippen molar-refractivity contribution in [3.05, 3.63) is 73.1 Å². The van der Waals surface area contributed by atoms with Gasteiger partial charge in [0.15, 0.2) is 11.5 Å². The monoisotopic (exact) mass is 733 g/mol. The molecule has 10 nitrogen and oxygen atoms in total. The average molecular weight is 735 g/mol. The molecule has 2 fully saturated rings. The van der Waals surface area contributed by atoms with Crippen LogP contribution < -0.4 is 24.6 Å². The number of nitrogens with zero attached hydrogens (tertiary/aromatic N) is 2. The lowest BCUT2D eigenvalue weighted by atomic mass is 9.83. The highest BCUT2D eigenvalue weighted by molar-refractivity contribution is 7.14. The van der Waals surface area contributed by atoms with E-state index in [1.165, 1.54) is 19.5 Å². The predicted octanol–water partition coefficient (Wildman–Crippen LogP) is 5.26. The zero-order chi connectivity index (χ0) is 35.1. The number of carbonyl (C=O) groups excluding carboxylic acids is 2. The molecule has 1 aliphatic heterocycles. The Kier molecular flexibility index (Phi) is 13.1. The van der Waals surface area contributed by atoms with Gasteiger partial charge in [0.1, 0.15) is 16.1 Å². The van der Waals surface area contributed by atoms with E-state index in [9.17, 15) is 19.9 Å². The fraction of sp³-hybridized carbons (Fsp3) is 0.528. The number of aromatic nitrogens is 1. The number of carboxylic acids is 1. The van der Waals surface area contributed by atoms with Crippen molar-refractivity contribution in [2.75, 3.05) is 41.0 Å². The SMILES string of the molecule is COc1ccc([C@H](Cc2c(Cl)c[n+](O)cc2Cl)c2cc(CNC(C(=O)OCC3CCN(C)CC3)C3CCCCC3)sc2C(=O)[O-])cc1OC. The van der Waals surface area contributed by atoms with Crippen molar-refractivity contribution >= 4 is 46.5 Å². The third kappa shape index (κ3) is 9.38. The Balaban J connectivity index is 1.44. The number of pyridine rings is 1. The van der Waals surface area contributed by atoms with Crippen LogP contribution in [-0.4, -0.2) is 69.1 Å². The van der Waals surface area contributed by atoms with Crippen LogP contribution >= 0.6 is 34.5 Å².